The molecular formula is C10H11NO2. The second kappa shape index (κ2) is 3.11. The van der Waals surface area contributed by atoms with Crippen LogP contribution in [0.3, 0.4) is 0 Å². The number of para-hydroxylation sites is 1. The molecule has 0 aliphatic carbocycles. The molecule has 13 heavy (non-hydrogen) atoms. The molecule has 0 spiro atoms. The largest absolute Gasteiger partial charge is 0.454 e. The summed E-state index contributed by atoms with van der Waals surface area (Å²) >= 11 is 0. The van der Waals surface area contributed by atoms with Gasteiger partial charge in [0.05, 0.1) is 6.04 Å². The van der Waals surface area contributed by atoms with E-state index in [0.717, 1.165) is 17.1 Å². The highest BCUT2D eigenvalue weighted by molar-refractivity contribution is 5.50. The molecule has 0 radical (unpaired) electrons. The zero-order valence-corrected chi connectivity index (χ0v) is 7.19. The van der Waals surface area contributed by atoms with Crippen molar-refractivity contribution in [3.8, 4) is 11.5 Å². The average Bonchev–Trinajstić information content (AvgIpc) is 2.63. The number of ether oxygens (including phenoxy) is 2. The van der Waals surface area contributed by atoms with Crippen LogP contribution in [0.4, 0.5) is 0 Å². The van der Waals surface area contributed by atoms with E-state index < -0.39 is 0 Å². The molecule has 1 aromatic rings. The number of rotatable bonds is 2. The topological polar surface area (TPSA) is 44.5 Å². The maximum Gasteiger partial charge on any atom is 0.231 e. The van der Waals surface area contributed by atoms with E-state index in [1.807, 2.05) is 18.2 Å². The summed E-state index contributed by atoms with van der Waals surface area (Å²) in [6.45, 7) is 3.92. The highest BCUT2D eigenvalue weighted by atomic mass is 16.7. The predicted octanol–water partition coefficient (Wildman–Crippen LogP) is 1.60. The molecule has 0 aromatic heterocycles. The zero-order chi connectivity index (χ0) is 9.26. The van der Waals surface area contributed by atoms with E-state index in [0.29, 0.717) is 0 Å². The maximum atomic E-state index is 5.81. The predicted molar refractivity (Wildman–Crippen MR) is 49.7 cm³/mol. The fraction of sp³-hybridized carbons (Fsp3) is 0.200. The highest BCUT2D eigenvalue weighted by Crippen LogP contribution is 2.37. The summed E-state index contributed by atoms with van der Waals surface area (Å²) in [5, 5.41) is 0. The van der Waals surface area contributed by atoms with Gasteiger partial charge >= 0.3 is 0 Å². The Morgan fingerprint density at radius 2 is 2.31 bits per heavy atom. The first-order valence-corrected chi connectivity index (χ1v) is 4.09. The molecule has 68 valence electrons. The number of hydrogen-bond acceptors (Lipinski definition) is 3. The summed E-state index contributed by atoms with van der Waals surface area (Å²) < 4.78 is 10.5. The minimum atomic E-state index is -0.198. The first-order valence-electron chi connectivity index (χ1n) is 4.09. The Kier molecular flexibility index (Phi) is 1.94. The van der Waals surface area contributed by atoms with E-state index in [2.05, 4.69) is 6.58 Å². The normalized spacial score (nSPS) is 15.5. The van der Waals surface area contributed by atoms with E-state index in [4.69, 9.17) is 15.2 Å². The van der Waals surface area contributed by atoms with Gasteiger partial charge in [0.25, 0.3) is 0 Å². The van der Waals surface area contributed by atoms with Gasteiger partial charge in [0.15, 0.2) is 11.5 Å². The fourth-order valence-corrected chi connectivity index (χ4v) is 1.34. The van der Waals surface area contributed by atoms with Crippen LogP contribution in [0.2, 0.25) is 0 Å². The molecule has 1 aliphatic heterocycles. The van der Waals surface area contributed by atoms with Crippen molar-refractivity contribution >= 4 is 0 Å². The van der Waals surface area contributed by atoms with Gasteiger partial charge in [-0.2, -0.15) is 0 Å². The standard InChI is InChI=1S/C10H11NO2/c1-2-8(11)7-4-3-5-9-10(7)13-6-12-9/h2-5,8H,1,6,11H2/t8-/m0/s1. The van der Waals surface area contributed by atoms with Crippen LogP contribution in [-0.4, -0.2) is 6.79 Å². The third-order valence-corrected chi connectivity index (χ3v) is 2.04. The lowest BCUT2D eigenvalue weighted by Crippen LogP contribution is -2.07. The van der Waals surface area contributed by atoms with Crippen LogP contribution in [0.15, 0.2) is 30.9 Å². The summed E-state index contributed by atoms with van der Waals surface area (Å²) in [4.78, 5) is 0. The van der Waals surface area contributed by atoms with Gasteiger partial charge in [-0.3, -0.25) is 0 Å². The zero-order valence-electron chi connectivity index (χ0n) is 7.19. The molecule has 0 saturated carbocycles. The maximum absolute atomic E-state index is 5.81. The van der Waals surface area contributed by atoms with E-state index in [9.17, 15) is 0 Å². The minimum Gasteiger partial charge on any atom is -0.454 e. The molecule has 0 amide bonds. The molecular weight excluding hydrogens is 166 g/mol. The summed E-state index contributed by atoms with van der Waals surface area (Å²) in [5.41, 5.74) is 6.74. The monoisotopic (exact) mass is 177 g/mol. The van der Waals surface area contributed by atoms with Crippen LogP contribution in [0, 0.1) is 0 Å². The van der Waals surface area contributed by atoms with Crippen molar-refractivity contribution in [2.75, 3.05) is 6.79 Å². The number of fused-ring (bicyclic) bond motifs is 1. The van der Waals surface area contributed by atoms with Crippen molar-refractivity contribution in [2.45, 2.75) is 6.04 Å². The van der Waals surface area contributed by atoms with Crippen molar-refractivity contribution < 1.29 is 9.47 Å². The van der Waals surface area contributed by atoms with Gasteiger partial charge in [-0.25, -0.2) is 0 Å². The molecule has 0 bridgehead atoms. The van der Waals surface area contributed by atoms with Crippen LogP contribution in [0.1, 0.15) is 11.6 Å². The molecule has 1 heterocycles. The Bertz CT molecular complexity index is 336. The van der Waals surface area contributed by atoms with E-state index in [1.54, 1.807) is 6.08 Å². The van der Waals surface area contributed by atoms with Crippen molar-refractivity contribution in [3.05, 3.63) is 36.4 Å². The Morgan fingerprint density at radius 1 is 1.46 bits per heavy atom. The lowest BCUT2D eigenvalue weighted by Gasteiger charge is -2.09. The number of nitrogens with two attached hydrogens (primary N) is 1. The summed E-state index contributed by atoms with van der Waals surface area (Å²) in [6.07, 6.45) is 1.68. The van der Waals surface area contributed by atoms with Gasteiger partial charge in [-0.1, -0.05) is 18.2 Å². The molecule has 1 atom stereocenters. The second-order valence-electron chi connectivity index (χ2n) is 2.84. The molecule has 0 saturated heterocycles. The Balaban J connectivity index is 2.46. The van der Waals surface area contributed by atoms with Gasteiger partial charge in [-0.15, -0.1) is 6.58 Å². The molecule has 3 heteroatoms. The first kappa shape index (κ1) is 8.13. The van der Waals surface area contributed by atoms with Gasteiger partial charge in [0, 0.05) is 5.56 Å². The first-order chi connectivity index (χ1) is 6.33. The molecule has 1 aromatic carbocycles. The van der Waals surface area contributed by atoms with Crippen molar-refractivity contribution in [3.63, 3.8) is 0 Å². The summed E-state index contributed by atoms with van der Waals surface area (Å²) in [6, 6.07) is 5.48. The van der Waals surface area contributed by atoms with Crippen molar-refractivity contribution in [1.82, 2.24) is 0 Å². The van der Waals surface area contributed by atoms with Gasteiger partial charge < -0.3 is 15.2 Å². The third-order valence-electron chi connectivity index (χ3n) is 2.04. The number of hydrogen-bond donors (Lipinski definition) is 1. The SMILES string of the molecule is C=C[C@H](N)c1cccc2c1OCO2. The smallest absolute Gasteiger partial charge is 0.231 e. The third kappa shape index (κ3) is 1.27. The number of benzene rings is 1. The van der Waals surface area contributed by atoms with Crippen LogP contribution >= 0.6 is 0 Å². The average molecular weight is 177 g/mol. The van der Waals surface area contributed by atoms with Crippen LogP contribution in [0.25, 0.3) is 0 Å². The van der Waals surface area contributed by atoms with Crippen LogP contribution < -0.4 is 15.2 Å². The Morgan fingerprint density at radius 3 is 3.08 bits per heavy atom. The second-order valence-corrected chi connectivity index (χ2v) is 2.84. The van der Waals surface area contributed by atoms with Crippen molar-refractivity contribution in [2.24, 2.45) is 5.73 Å². The van der Waals surface area contributed by atoms with E-state index >= 15 is 0 Å². The molecule has 3 nitrogen and oxygen atoms in total. The quantitative estimate of drug-likeness (QED) is 0.698. The van der Waals surface area contributed by atoms with Crippen LogP contribution in [-0.2, 0) is 0 Å². The Labute approximate surface area is 76.8 Å². The Hall–Kier alpha value is -1.48. The lowest BCUT2D eigenvalue weighted by atomic mass is 10.1. The summed E-state index contributed by atoms with van der Waals surface area (Å²) in [5.74, 6) is 1.50. The fourth-order valence-electron chi connectivity index (χ4n) is 1.34. The van der Waals surface area contributed by atoms with Crippen LogP contribution in [0.5, 0.6) is 11.5 Å². The van der Waals surface area contributed by atoms with Gasteiger partial charge in [0.1, 0.15) is 0 Å². The minimum absolute atomic E-state index is 0.198. The van der Waals surface area contributed by atoms with Gasteiger partial charge in [0.2, 0.25) is 6.79 Å². The lowest BCUT2D eigenvalue weighted by molar-refractivity contribution is 0.173. The summed E-state index contributed by atoms with van der Waals surface area (Å²) in [7, 11) is 0. The van der Waals surface area contributed by atoms with Gasteiger partial charge in [-0.05, 0) is 6.07 Å². The highest BCUT2D eigenvalue weighted by Gasteiger charge is 2.19. The van der Waals surface area contributed by atoms with E-state index in [-0.39, 0.29) is 12.8 Å². The molecule has 0 unspecified atom stereocenters. The molecule has 2 N–H and O–H groups in total. The van der Waals surface area contributed by atoms with E-state index in [1.165, 1.54) is 0 Å². The molecule has 1 aliphatic rings. The molecule has 2 rings (SSSR count). The molecule has 0 fully saturated rings. The van der Waals surface area contributed by atoms with Crippen molar-refractivity contribution in [1.29, 1.82) is 0 Å².